The van der Waals surface area contributed by atoms with Gasteiger partial charge in [0.2, 0.25) is 0 Å². The van der Waals surface area contributed by atoms with E-state index in [1.807, 2.05) is 6.26 Å². The second-order valence-electron chi connectivity index (χ2n) is 6.65. The van der Waals surface area contributed by atoms with E-state index in [0.29, 0.717) is 11.3 Å². The van der Waals surface area contributed by atoms with E-state index in [4.69, 9.17) is 0 Å². The number of anilines is 1. The highest BCUT2D eigenvalue weighted by atomic mass is 32.2. The van der Waals surface area contributed by atoms with Gasteiger partial charge in [0.15, 0.2) is 0 Å². The van der Waals surface area contributed by atoms with Crippen LogP contribution in [0.3, 0.4) is 0 Å². The Hall–Kier alpha value is -1.99. The number of thioether (sulfide) groups is 1. The molecule has 0 radical (unpaired) electrons. The second-order valence-corrected chi connectivity index (χ2v) is 9.50. The second kappa shape index (κ2) is 8.35. The van der Waals surface area contributed by atoms with Crippen molar-refractivity contribution >= 4 is 33.4 Å². The molecule has 0 atom stereocenters. The van der Waals surface area contributed by atoms with Crippen LogP contribution in [0.4, 0.5) is 5.69 Å². The van der Waals surface area contributed by atoms with Crippen molar-refractivity contribution in [2.75, 3.05) is 17.6 Å². The Labute approximate surface area is 165 Å². The first kappa shape index (κ1) is 19.8. The third kappa shape index (κ3) is 4.47. The fraction of sp³-hybridized carbons (Fsp3) is 0.350. The smallest absolute Gasteiger partial charge is 0.264 e. The van der Waals surface area contributed by atoms with E-state index in [2.05, 4.69) is 5.32 Å². The standard InChI is InChI=1S/C20H24N2O3S2/c1-22(27(24,25)19-13-11-18(26-2)12-14-19)17-9-7-15(8-10-17)20(23)21-16-5-3-4-6-16/h7-14,16H,3-6H2,1-2H3,(H,21,23). The molecule has 1 aliphatic rings. The Bertz CT molecular complexity index is 888. The van der Waals surface area contributed by atoms with Crippen LogP contribution in [0, 0.1) is 0 Å². The third-order valence-electron chi connectivity index (χ3n) is 4.90. The van der Waals surface area contributed by atoms with Gasteiger partial charge in [0.25, 0.3) is 15.9 Å². The lowest BCUT2D eigenvalue weighted by Gasteiger charge is -2.20. The average molecular weight is 405 g/mol. The van der Waals surface area contributed by atoms with Crippen LogP contribution in [0.5, 0.6) is 0 Å². The summed E-state index contributed by atoms with van der Waals surface area (Å²) >= 11 is 1.56. The molecule has 5 nitrogen and oxygen atoms in total. The van der Waals surface area contributed by atoms with Crippen LogP contribution in [-0.2, 0) is 10.0 Å². The van der Waals surface area contributed by atoms with Crippen molar-refractivity contribution in [2.45, 2.75) is 41.5 Å². The number of rotatable bonds is 6. The van der Waals surface area contributed by atoms with E-state index < -0.39 is 10.0 Å². The minimum absolute atomic E-state index is 0.105. The van der Waals surface area contributed by atoms with Crippen LogP contribution in [0.25, 0.3) is 0 Å². The molecule has 3 rings (SSSR count). The van der Waals surface area contributed by atoms with Crippen molar-refractivity contribution in [3.8, 4) is 0 Å². The van der Waals surface area contributed by atoms with E-state index >= 15 is 0 Å². The molecule has 2 aromatic carbocycles. The number of nitrogens with one attached hydrogen (secondary N) is 1. The molecule has 0 aliphatic heterocycles. The maximum Gasteiger partial charge on any atom is 0.264 e. The minimum Gasteiger partial charge on any atom is -0.349 e. The Morgan fingerprint density at radius 3 is 2.19 bits per heavy atom. The first-order chi connectivity index (χ1) is 12.9. The van der Waals surface area contributed by atoms with Crippen molar-refractivity contribution in [1.29, 1.82) is 0 Å². The molecule has 144 valence electrons. The lowest BCUT2D eigenvalue weighted by atomic mass is 10.1. The molecule has 0 spiro atoms. The first-order valence-corrected chi connectivity index (χ1v) is 11.6. The molecule has 1 saturated carbocycles. The van der Waals surface area contributed by atoms with Crippen LogP contribution in [0.2, 0.25) is 0 Å². The van der Waals surface area contributed by atoms with Gasteiger partial charge >= 0.3 is 0 Å². The number of sulfonamides is 1. The van der Waals surface area contributed by atoms with Gasteiger partial charge in [0.05, 0.1) is 10.6 Å². The number of carbonyl (C=O) groups excluding carboxylic acids is 1. The third-order valence-corrected chi connectivity index (χ3v) is 7.44. The maximum atomic E-state index is 12.8. The van der Waals surface area contributed by atoms with Gasteiger partial charge in [0, 0.05) is 23.5 Å². The van der Waals surface area contributed by atoms with Crippen LogP contribution in [-0.4, -0.2) is 33.7 Å². The summed E-state index contributed by atoms with van der Waals surface area (Å²) in [5.41, 5.74) is 1.06. The number of hydrogen-bond acceptors (Lipinski definition) is 4. The van der Waals surface area contributed by atoms with Crippen molar-refractivity contribution in [3.63, 3.8) is 0 Å². The molecule has 0 bridgehead atoms. The van der Waals surface area contributed by atoms with Gasteiger partial charge < -0.3 is 5.32 Å². The molecule has 1 fully saturated rings. The molecule has 0 aromatic heterocycles. The quantitative estimate of drug-likeness (QED) is 0.742. The highest BCUT2D eigenvalue weighted by Crippen LogP contribution is 2.25. The summed E-state index contributed by atoms with van der Waals surface area (Å²) in [4.78, 5) is 13.6. The summed E-state index contributed by atoms with van der Waals surface area (Å²) in [6.07, 6.45) is 6.31. The zero-order valence-electron chi connectivity index (χ0n) is 15.5. The van der Waals surface area contributed by atoms with Crippen LogP contribution in [0.1, 0.15) is 36.0 Å². The summed E-state index contributed by atoms with van der Waals surface area (Å²) in [7, 11) is -2.13. The van der Waals surface area contributed by atoms with Gasteiger partial charge in [-0.3, -0.25) is 9.10 Å². The summed E-state index contributed by atoms with van der Waals surface area (Å²) in [6.45, 7) is 0. The summed E-state index contributed by atoms with van der Waals surface area (Å²) in [5, 5.41) is 3.04. The highest BCUT2D eigenvalue weighted by molar-refractivity contribution is 7.98. The molecular weight excluding hydrogens is 380 g/mol. The van der Waals surface area contributed by atoms with E-state index in [-0.39, 0.29) is 16.8 Å². The van der Waals surface area contributed by atoms with Gasteiger partial charge in [0.1, 0.15) is 0 Å². The number of carbonyl (C=O) groups is 1. The molecule has 0 unspecified atom stereocenters. The molecule has 0 heterocycles. The van der Waals surface area contributed by atoms with Gasteiger partial charge in [-0.15, -0.1) is 11.8 Å². The minimum atomic E-state index is -3.65. The molecular formula is C20H24N2O3S2. The van der Waals surface area contributed by atoms with Crippen molar-refractivity contribution in [3.05, 3.63) is 54.1 Å². The van der Waals surface area contributed by atoms with E-state index in [0.717, 1.165) is 30.6 Å². The maximum absolute atomic E-state index is 12.8. The lowest BCUT2D eigenvalue weighted by molar-refractivity contribution is 0.0938. The SMILES string of the molecule is CSc1ccc(S(=O)(=O)N(C)c2ccc(C(=O)NC3CCCC3)cc2)cc1. The Balaban J connectivity index is 1.73. The monoisotopic (exact) mass is 404 g/mol. The van der Waals surface area contributed by atoms with Crippen LogP contribution in [0.15, 0.2) is 58.3 Å². The van der Waals surface area contributed by atoms with E-state index in [9.17, 15) is 13.2 Å². The Kier molecular flexibility index (Phi) is 6.11. The normalized spacial score (nSPS) is 14.9. The van der Waals surface area contributed by atoms with Gasteiger partial charge in [-0.1, -0.05) is 12.8 Å². The molecule has 7 heteroatoms. The average Bonchev–Trinajstić information content (AvgIpc) is 3.20. The molecule has 27 heavy (non-hydrogen) atoms. The van der Waals surface area contributed by atoms with Crippen LogP contribution >= 0.6 is 11.8 Å². The number of hydrogen-bond donors (Lipinski definition) is 1. The zero-order valence-corrected chi connectivity index (χ0v) is 17.1. The number of benzene rings is 2. The number of amides is 1. The van der Waals surface area contributed by atoms with Gasteiger partial charge in [-0.2, -0.15) is 0 Å². The predicted molar refractivity (Wildman–Crippen MR) is 110 cm³/mol. The van der Waals surface area contributed by atoms with E-state index in [1.54, 1.807) is 60.3 Å². The fourth-order valence-electron chi connectivity index (χ4n) is 3.21. The molecule has 1 amide bonds. The van der Waals surface area contributed by atoms with Gasteiger partial charge in [-0.25, -0.2) is 8.42 Å². The molecule has 1 aliphatic carbocycles. The summed E-state index contributed by atoms with van der Waals surface area (Å²) < 4.78 is 26.9. The van der Waals surface area contributed by atoms with Crippen molar-refractivity contribution in [2.24, 2.45) is 0 Å². The fourth-order valence-corrected chi connectivity index (χ4v) is 4.81. The Morgan fingerprint density at radius 2 is 1.63 bits per heavy atom. The molecule has 2 aromatic rings. The summed E-state index contributed by atoms with van der Waals surface area (Å²) in [5.74, 6) is -0.105. The van der Waals surface area contributed by atoms with Gasteiger partial charge in [-0.05, 0) is 67.6 Å². The van der Waals surface area contributed by atoms with Crippen LogP contribution < -0.4 is 9.62 Å². The Morgan fingerprint density at radius 1 is 1.04 bits per heavy atom. The number of nitrogens with zero attached hydrogens (tertiary/aromatic N) is 1. The molecule has 1 N–H and O–H groups in total. The largest absolute Gasteiger partial charge is 0.349 e. The van der Waals surface area contributed by atoms with Crippen molar-refractivity contribution in [1.82, 2.24) is 5.32 Å². The van der Waals surface area contributed by atoms with Crippen molar-refractivity contribution < 1.29 is 13.2 Å². The first-order valence-electron chi connectivity index (χ1n) is 8.96. The van der Waals surface area contributed by atoms with E-state index in [1.165, 1.54) is 11.4 Å². The predicted octanol–water partition coefficient (Wildman–Crippen LogP) is 3.91. The lowest BCUT2D eigenvalue weighted by Crippen LogP contribution is -2.32. The highest BCUT2D eigenvalue weighted by Gasteiger charge is 2.22. The molecule has 0 saturated heterocycles. The zero-order chi connectivity index (χ0) is 19.4. The topological polar surface area (TPSA) is 66.5 Å². The summed E-state index contributed by atoms with van der Waals surface area (Å²) in [6, 6.07) is 13.7.